The first-order valence-electron chi connectivity index (χ1n) is 6.49. The van der Waals surface area contributed by atoms with Crippen molar-refractivity contribution in [3.63, 3.8) is 0 Å². The number of hydrogen-bond acceptors (Lipinski definition) is 4. The molecule has 0 amide bonds. The monoisotopic (exact) mass is 354 g/mol. The van der Waals surface area contributed by atoms with Crippen LogP contribution < -0.4 is 16.2 Å². The van der Waals surface area contributed by atoms with Crippen LogP contribution in [0.25, 0.3) is 0 Å². The van der Waals surface area contributed by atoms with Crippen LogP contribution in [0.15, 0.2) is 39.7 Å². The highest BCUT2D eigenvalue weighted by Crippen LogP contribution is 2.15. The maximum atomic E-state index is 13.3. The van der Waals surface area contributed by atoms with E-state index >= 15 is 0 Å². The Kier molecular flexibility index (Phi) is 5.46. The van der Waals surface area contributed by atoms with E-state index in [-0.39, 0.29) is 17.9 Å². The molecule has 0 saturated carbocycles. The molecular weight excluding hydrogens is 339 g/mol. The zero-order valence-corrected chi connectivity index (χ0v) is 13.2. The Balaban J connectivity index is 2.12. The van der Waals surface area contributed by atoms with Gasteiger partial charge in [-0.3, -0.25) is 4.79 Å². The lowest BCUT2D eigenvalue weighted by atomic mass is 10.2. The first kappa shape index (κ1) is 15.7. The van der Waals surface area contributed by atoms with Crippen LogP contribution in [0.4, 0.5) is 10.1 Å². The van der Waals surface area contributed by atoms with E-state index in [2.05, 4.69) is 31.7 Å². The summed E-state index contributed by atoms with van der Waals surface area (Å²) >= 11 is 3.23. The fourth-order valence-electron chi connectivity index (χ4n) is 1.86. The van der Waals surface area contributed by atoms with Gasteiger partial charge in [0.25, 0.3) is 5.56 Å². The summed E-state index contributed by atoms with van der Waals surface area (Å²) in [5.41, 5.74) is 1.11. The lowest BCUT2D eigenvalue weighted by Crippen LogP contribution is -2.24. The van der Waals surface area contributed by atoms with Gasteiger partial charge in [-0.05, 0) is 30.8 Å². The normalized spacial score (nSPS) is 10.6. The van der Waals surface area contributed by atoms with Gasteiger partial charge in [0.05, 0.1) is 18.4 Å². The highest BCUT2D eigenvalue weighted by molar-refractivity contribution is 9.10. The second kappa shape index (κ2) is 7.33. The van der Waals surface area contributed by atoms with Crippen LogP contribution in [0.2, 0.25) is 0 Å². The maximum absolute atomic E-state index is 13.3. The maximum Gasteiger partial charge on any atom is 0.269 e. The fraction of sp³-hybridized carbons (Fsp3) is 0.286. The molecule has 0 aliphatic heterocycles. The molecule has 5 nitrogen and oxygen atoms in total. The summed E-state index contributed by atoms with van der Waals surface area (Å²) in [6.07, 6.45) is 1.59. The molecule has 0 unspecified atom stereocenters. The predicted octanol–water partition coefficient (Wildman–Crippen LogP) is 1.82. The third-order valence-electron chi connectivity index (χ3n) is 2.83. The molecule has 112 valence electrons. The van der Waals surface area contributed by atoms with E-state index in [1.165, 1.54) is 22.9 Å². The van der Waals surface area contributed by atoms with E-state index < -0.39 is 0 Å². The first-order chi connectivity index (χ1) is 10.1. The summed E-state index contributed by atoms with van der Waals surface area (Å²) in [5, 5.41) is 10.2. The van der Waals surface area contributed by atoms with Gasteiger partial charge in [0.1, 0.15) is 5.82 Å². The molecular formula is C14H16BrFN4O. The van der Waals surface area contributed by atoms with Crippen LogP contribution in [-0.2, 0) is 6.54 Å². The molecule has 2 aromatic rings. The number of nitrogens with zero attached hydrogens (tertiary/aromatic N) is 2. The number of benzene rings is 1. The third kappa shape index (κ3) is 4.64. The lowest BCUT2D eigenvalue weighted by Gasteiger charge is -2.08. The molecule has 1 aromatic carbocycles. The van der Waals surface area contributed by atoms with Crippen molar-refractivity contribution in [3.05, 3.63) is 56.7 Å². The quantitative estimate of drug-likeness (QED) is 0.777. The molecule has 21 heavy (non-hydrogen) atoms. The Morgan fingerprint density at radius 3 is 2.76 bits per heavy atom. The highest BCUT2D eigenvalue weighted by atomic mass is 79.9. The molecule has 7 heteroatoms. The van der Waals surface area contributed by atoms with E-state index in [1.54, 1.807) is 12.3 Å². The Morgan fingerprint density at radius 2 is 2.10 bits per heavy atom. The summed E-state index contributed by atoms with van der Waals surface area (Å²) < 4.78 is 15.2. The van der Waals surface area contributed by atoms with Gasteiger partial charge in [-0.25, -0.2) is 9.07 Å². The van der Waals surface area contributed by atoms with Crippen molar-refractivity contribution in [2.75, 3.05) is 25.5 Å². The number of halogens is 2. The number of anilines is 1. The molecule has 0 aliphatic rings. The fourth-order valence-corrected chi connectivity index (χ4v) is 2.37. The van der Waals surface area contributed by atoms with Crippen LogP contribution in [0.3, 0.4) is 0 Å². The number of likely N-dealkylation sites (N-methyl/N-ethyl adjacent to an activating group) is 1. The standard InChI is InChI=1S/C14H16BrFN4O/c1-17-2-3-18-13-7-14(21)20(19-8-13)9-10-4-11(15)6-12(16)5-10/h4-8,17-18H,2-3,9H2,1H3. The zero-order valence-electron chi connectivity index (χ0n) is 11.6. The number of aromatic nitrogens is 2. The van der Waals surface area contributed by atoms with Crippen molar-refractivity contribution < 1.29 is 4.39 Å². The van der Waals surface area contributed by atoms with E-state index in [4.69, 9.17) is 0 Å². The van der Waals surface area contributed by atoms with Crippen molar-refractivity contribution in [1.29, 1.82) is 0 Å². The summed E-state index contributed by atoms with van der Waals surface area (Å²) in [7, 11) is 1.86. The van der Waals surface area contributed by atoms with E-state index in [1.807, 2.05) is 7.05 Å². The first-order valence-corrected chi connectivity index (χ1v) is 7.28. The molecule has 1 aromatic heterocycles. The largest absolute Gasteiger partial charge is 0.382 e. The Bertz CT molecular complexity index is 654. The SMILES string of the molecule is CNCCNc1cnn(Cc2cc(F)cc(Br)c2)c(=O)c1. The van der Waals surface area contributed by atoms with Crippen LogP contribution in [0.1, 0.15) is 5.56 Å². The van der Waals surface area contributed by atoms with Gasteiger partial charge in [0.15, 0.2) is 0 Å². The highest BCUT2D eigenvalue weighted by Gasteiger charge is 2.04. The second-order valence-corrected chi connectivity index (χ2v) is 5.46. The van der Waals surface area contributed by atoms with Crippen molar-refractivity contribution in [2.45, 2.75) is 6.54 Å². The van der Waals surface area contributed by atoms with Crippen LogP contribution in [0, 0.1) is 5.82 Å². The number of hydrogen-bond donors (Lipinski definition) is 2. The van der Waals surface area contributed by atoms with Crippen molar-refractivity contribution >= 4 is 21.6 Å². The van der Waals surface area contributed by atoms with Crippen LogP contribution in [0.5, 0.6) is 0 Å². The molecule has 0 bridgehead atoms. The van der Waals surface area contributed by atoms with Gasteiger partial charge in [-0.15, -0.1) is 0 Å². The van der Waals surface area contributed by atoms with Gasteiger partial charge in [0.2, 0.25) is 0 Å². The molecule has 0 radical (unpaired) electrons. The van der Waals surface area contributed by atoms with Gasteiger partial charge in [-0.1, -0.05) is 15.9 Å². The average Bonchev–Trinajstić information content (AvgIpc) is 2.41. The van der Waals surface area contributed by atoms with Gasteiger partial charge in [-0.2, -0.15) is 5.10 Å². The Labute approximate surface area is 130 Å². The molecule has 1 heterocycles. The van der Waals surface area contributed by atoms with Crippen molar-refractivity contribution in [3.8, 4) is 0 Å². The molecule has 2 N–H and O–H groups in total. The summed E-state index contributed by atoms with van der Waals surface area (Å²) in [4.78, 5) is 12.0. The second-order valence-electron chi connectivity index (χ2n) is 4.55. The van der Waals surface area contributed by atoms with Gasteiger partial charge in [0, 0.05) is 23.6 Å². The van der Waals surface area contributed by atoms with E-state index in [0.29, 0.717) is 22.3 Å². The average molecular weight is 355 g/mol. The molecule has 2 rings (SSSR count). The van der Waals surface area contributed by atoms with Crippen molar-refractivity contribution in [2.24, 2.45) is 0 Å². The summed E-state index contributed by atoms with van der Waals surface area (Å²) in [6.45, 7) is 1.73. The zero-order chi connectivity index (χ0) is 15.2. The molecule has 0 spiro atoms. The summed E-state index contributed by atoms with van der Waals surface area (Å²) in [6, 6.07) is 6.00. The number of nitrogens with one attached hydrogen (secondary N) is 2. The molecule has 0 fully saturated rings. The number of rotatable bonds is 6. The minimum atomic E-state index is -0.349. The predicted molar refractivity (Wildman–Crippen MR) is 84.1 cm³/mol. The third-order valence-corrected chi connectivity index (χ3v) is 3.29. The van der Waals surface area contributed by atoms with E-state index in [9.17, 15) is 9.18 Å². The van der Waals surface area contributed by atoms with Gasteiger partial charge < -0.3 is 10.6 Å². The van der Waals surface area contributed by atoms with Crippen LogP contribution in [-0.4, -0.2) is 29.9 Å². The Morgan fingerprint density at radius 1 is 1.29 bits per heavy atom. The van der Waals surface area contributed by atoms with Gasteiger partial charge >= 0.3 is 0 Å². The molecule has 0 aliphatic carbocycles. The Hall–Kier alpha value is -1.73. The minimum Gasteiger partial charge on any atom is -0.382 e. The topological polar surface area (TPSA) is 59.0 Å². The minimum absolute atomic E-state index is 0.228. The van der Waals surface area contributed by atoms with E-state index in [0.717, 1.165) is 6.54 Å². The molecule has 0 saturated heterocycles. The van der Waals surface area contributed by atoms with Crippen LogP contribution >= 0.6 is 15.9 Å². The van der Waals surface area contributed by atoms with Crippen molar-refractivity contribution in [1.82, 2.24) is 15.1 Å². The summed E-state index contributed by atoms with van der Waals surface area (Å²) in [5.74, 6) is -0.349. The smallest absolute Gasteiger partial charge is 0.269 e. The molecule has 0 atom stereocenters. The lowest BCUT2D eigenvalue weighted by molar-refractivity contribution is 0.609.